The quantitative estimate of drug-likeness (QED) is 0.199. The van der Waals surface area contributed by atoms with Crippen LogP contribution in [0.1, 0.15) is 12.0 Å². The van der Waals surface area contributed by atoms with E-state index in [0.717, 1.165) is 17.0 Å². The van der Waals surface area contributed by atoms with Gasteiger partial charge in [-0.2, -0.15) is 0 Å². The van der Waals surface area contributed by atoms with Gasteiger partial charge in [0.05, 0.1) is 12.2 Å². The first-order valence-electron chi connectivity index (χ1n) is 12.5. The van der Waals surface area contributed by atoms with Gasteiger partial charge in [-0.25, -0.2) is 0 Å². The van der Waals surface area contributed by atoms with E-state index in [1.165, 1.54) is 0 Å². The molecule has 194 valence electrons. The lowest BCUT2D eigenvalue weighted by atomic mass is 10.1. The maximum absolute atomic E-state index is 12.5. The van der Waals surface area contributed by atoms with Crippen LogP contribution >= 0.6 is 0 Å². The maximum atomic E-state index is 12.5. The van der Waals surface area contributed by atoms with Crippen molar-refractivity contribution in [2.75, 3.05) is 35.7 Å². The zero-order valence-corrected chi connectivity index (χ0v) is 21.1. The lowest BCUT2D eigenvalue weighted by Gasteiger charge is -2.14. The van der Waals surface area contributed by atoms with Gasteiger partial charge >= 0.3 is 0 Å². The lowest BCUT2D eigenvalue weighted by Crippen LogP contribution is -2.22. The van der Waals surface area contributed by atoms with Crippen LogP contribution in [0.2, 0.25) is 0 Å². The van der Waals surface area contributed by atoms with Crippen LogP contribution in [-0.2, 0) is 16.0 Å². The third-order valence-corrected chi connectivity index (χ3v) is 5.62. The largest absolute Gasteiger partial charge is 0.490 e. The van der Waals surface area contributed by atoms with Crippen molar-refractivity contribution in [3.8, 4) is 11.5 Å². The van der Waals surface area contributed by atoms with Crippen molar-refractivity contribution in [3.63, 3.8) is 0 Å². The highest BCUT2D eigenvalue weighted by Crippen LogP contribution is 2.24. The SMILES string of the molecule is O=C(CCc1ccccc1)Nc1ccc(NCC(=O)Nc2ccccc2OCCOc2ccccc2)cc1. The number of para-hydroxylation sites is 3. The predicted molar refractivity (Wildman–Crippen MR) is 151 cm³/mol. The van der Waals surface area contributed by atoms with Crippen molar-refractivity contribution in [1.82, 2.24) is 0 Å². The lowest BCUT2D eigenvalue weighted by molar-refractivity contribution is -0.116. The van der Waals surface area contributed by atoms with E-state index in [2.05, 4.69) is 16.0 Å². The first kappa shape index (κ1) is 26.3. The molecule has 0 spiro atoms. The van der Waals surface area contributed by atoms with Gasteiger partial charge < -0.3 is 25.4 Å². The fraction of sp³-hybridized carbons (Fsp3) is 0.161. The molecule has 4 aromatic rings. The Balaban J connectivity index is 1.18. The molecule has 2 amide bonds. The first-order valence-corrected chi connectivity index (χ1v) is 12.5. The number of aryl methyl sites for hydroxylation is 1. The molecular weight excluding hydrogens is 478 g/mol. The third kappa shape index (κ3) is 8.71. The minimum Gasteiger partial charge on any atom is -0.490 e. The number of anilines is 3. The Kier molecular flexibility index (Phi) is 9.74. The molecule has 0 atom stereocenters. The van der Waals surface area contributed by atoms with E-state index >= 15 is 0 Å². The molecule has 0 bridgehead atoms. The summed E-state index contributed by atoms with van der Waals surface area (Å²) in [6.07, 6.45) is 1.10. The van der Waals surface area contributed by atoms with Crippen molar-refractivity contribution in [2.45, 2.75) is 12.8 Å². The summed E-state index contributed by atoms with van der Waals surface area (Å²) in [6, 6.07) is 34.0. The average Bonchev–Trinajstić information content (AvgIpc) is 2.96. The summed E-state index contributed by atoms with van der Waals surface area (Å²) in [6.45, 7) is 0.806. The topological polar surface area (TPSA) is 88.7 Å². The monoisotopic (exact) mass is 509 g/mol. The minimum atomic E-state index is -0.208. The van der Waals surface area contributed by atoms with Gasteiger partial charge in [0.25, 0.3) is 0 Å². The molecule has 3 N–H and O–H groups in total. The number of hydrogen-bond donors (Lipinski definition) is 3. The second-order valence-electron chi connectivity index (χ2n) is 8.52. The normalized spacial score (nSPS) is 10.3. The van der Waals surface area contributed by atoms with Gasteiger partial charge in [0.1, 0.15) is 24.7 Å². The molecule has 0 aromatic heterocycles. The van der Waals surface area contributed by atoms with Crippen LogP contribution in [0.3, 0.4) is 0 Å². The number of benzene rings is 4. The van der Waals surface area contributed by atoms with E-state index in [-0.39, 0.29) is 18.4 Å². The van der Waals surface area contributed by atoms with Gasteiger partial charge in [0.15, 0.2) is 0 Å². The Hall–Kier alpha value is -4.78. The van der Waals surface area contributed by atoms with Gasteiger partial charge in [-0.15, -0.1) is 0 Å². The van der Waals surface area contributed by atoms with Gasteiger partial charge in [0, 0.05) is 17.8 Å². The summed E-state index contributed by atoms with van der Waals surface area (Å²) in [4.78, 5) is 24.8. The number of amides is 2. The summed E-state index contributed by atoms with van der Waals surface area (Å²) >= 11 is 0. The molecule has 38 heavy (non-hydrogen) atoms. The highest BCUT2D eigenvalue weighted by molar-refractivity contribution is 5.95. The molecule has 0 radical (unpaired) electrons. The summed E-state index contributed by atoms with van der Waals surface area (Å²) in [7, 11) is 0. The fourth-order valence-corrected chi connectivity index (χ4v) is 3.70. The van der Waals surface area contributed by atoms with E-state index in [0.29, 0.717) is 43.2 Å². The van der Waals surface area contributed by atoms with E-state index in [4.69, 9.17) is 9.47 Å². The molecule has 4 aromatic carbocycles. The molecule has 7 heteroatoms. The second-order valence-corrected chi connectivity index (χ2v) is 8.52. The Labute approximate surface area is 222 Å². The summed E-state index contributed by atoms with van der Waals surface area (Å²) in [5.41, 5.74) is 3.20. The fourth-order valence-electron chi connectivity index (χ4n) is 3.70. The Morgan fingerprint density at radius 1 is 0.605 bits per heavy atom. The molecule has 0 aliphatic rings. The Morgan fingerprint density at radius 3 is 2.00 bits per heavy atom. The average molecular weight is 510 g/mol. The summed E-state index contributed by atoms with van der Waals surface area (Å²) in [5.74, 6) is 1.11. The first-order chi connectivity index (χ1) is 18.7. The zero-order chi connectivity index (χ0) is 26.4. The van der Waals surface area contributed by atoms with E-state index < -0.39 is 0 Å². The molecule has 0 aliphatic carbocycles. The number of rotatable bonds is 13. The van der Waals surface area contributed by atoms with Crippen LogP contribution in [0.5, 0.6) is 11.5 Å². The number of carbonyl (C=O) groups is 2. The number of carbonyl (C=O) groups excluding carboxylic acids is 2. The molecule has 0 unspecified atom stereocenters. The van der Waals surface area contributed by atoms with Gasteiger partial charge in [-0.05, 0) is 60.5 Å². The summed E-state index contributed by atoms with van der Waals surface area (Å²) in [5, 5.41) is 8.88. The number of nitrogens with one attached hydrogen (secondary N) is 3. The molecule has 4 rings (SSSR count). The molecule has 0 fully saturated rings. The van der Waals surface area contributed by atoms with Crippen LogP contribution in [0.4, 0.5) is 17.1 Å². The van der Waals surface area contributed by atoms with Gasteiger partial charge in [-0.3, -0.25) is 9.59 Å². The van der Waals surface area contributed by atoms with Crippen molar-refractivity contribution in [2.24, 2.45) is 0 Å². The Bertz CT molecular complexity index is 1300. The highest BCUT2D eigenvalue weighted by atomic mass is 16.5. The summed E-state index contributed by atoms with van der Waals surface area (Å²) < 4.78 is 11.5. The smallest absolute Gasteiger partial charge is 0.243 e. The van der Waals surface area contributed by atoms with Crippen LogP contribution < -0.4 is 25.4 Å². The number of ether oxygens (including phenoxy) is 2. The van der Waals surface area contributed by atoms with E-state index in [9.17, 15) is 9.59 Å². The minimum absolute atomic E-state index is 0.0403. The van der Waals surface area contributed by atoms with Crippen molar-refractivity contribution in [1.29, 1.82) is 0 Å². The van der Waals surface area contributed by atoms with E-state index in [1.807, 2.05) is 84.9 Å². The molecule has 0 saturated heterocycles. The molecule has 0 aliphatic heterocycles. The van der Waals surface area contributed by atoms with Crippen LogP contribution in [0.25, 0.3) is 0 Å². The van der Waals surface area contributed by atoms with Crippen molar-refractivity contribution in [3.05, 3.63) is 115 Å². The molecule has 7 nitrogen and oxygen atoms in total. The van der Waals surface area contributed by atoms with Crippen LogP contribution in [0, 0.1) is 0 Å². The van der Waals surface area contributed by atoms with Crippen molar-refractivity contribution >= 4 is 28.9 Å². The highest BCUT2D eigenvalue weighted by Gasteiger charge is 2.08. The Morgan fingerprint density at radius 2 is 1.24 bits per heavy atom. The maximum Gasteiger partial charge on any atom is 0.243 e. The van der Waals surface area contributed by atoms with Gasteiger partial charge in [0.2, 0.25) is 11.8 Å². The third-order valence-electron chi connectivity index (χ3n) is 5.62. The zero-order valence-electron chi connectivity index (χ0n) is 21.1. The molecular formula is C31H31N3O4. The number of hydrogen-bond acceptors (Lipinski definition) is 5. The van der Waals surface area contributed by atoms with E-state index in [1.54, 1.807) is 24.3 Å². The van der Waals surface area contributed by atoms with Crippen LogP contribution in [-0.4, -0.2) is 31.6 Å². The van der Waals surface area contributed by atoms with Gasteiger partial charge in [-0.1, -0.05) is 60.7 Å². The van der Waals surface area contributed by atoms with Crippen LogP contribution in [0.15, 0.2) is 109 Å². The molecule has 0 heterocycles. The second kappa shape index (κ2) is 14.1. The predicted octanol–water partition coefficient (Wildman–Crippen LogP) is 5.77. The van der Waals surface area contributed by atoms with Crippen molar-refractivity contribution < 1.29 is 19.1 Å². The molecule has 0 saturated carbocycles. The standard InChI is InChI=1S/C31H31N3O4/c35-30(20-15-24-9-3-1-4-10-24)33-26-18-16-25(17-19-26)32-23-31(36)34-28-13-7-8-14-29(28)38-22-21-37-27-11-5-2-6-12-27/h1-14,16-19,32H,15,20-23H2,(H,33,35)(H,34,36).